The smallest absolute Gasteiger partial charge is 0.230 e. The lowest BCUT2D eigenvalue weighted by Gasteiger charge is -2.32. The quantitative estimate of drug-likeness (QED) is 0.596. The summed E-state index contributed by atoms with van der Waals surface area (Å²) in [5.41, 5.74) is 3.51. The van der Waals surface area contributed by atoms with Gasteiger partial charge in [-0.3, -0.25) is 9.69 Å². The van der Waals surface area contributed by atoms with E-state index in [0.717, 1.165) is 49.0 Å². The molecular formula is C23H26N4O2S. The van der Waals surface area contributed by atoms with Gasteiger partial charge in [0.15, 0.2) is 0 Å². The summed E-state index contributed by atoms with van der Waals surface area (Å²) in [5.74, 6) is -0.140. The van der Waals surface area contributed by atoms with Crippen LogP contribution >= 0.6 is 11.3 Å². The summed E-state index contributed by atoms with van der Waals surface area (Å²) in [5, 5.41) is 15.4. The molecule has 6 nitrogen and oxygen atoms in total. The van der Waals surface area contributed by atoms with Crippen LogP contribution in [-0.4, -0.2) is 59.0 Å². The van der Waals surface area contributed by atoms with Crippen LogP contribution in [0.25, 0.3) is 10.6 Å². The number of phenols is 1. The van der Waals surface area contributed by atoms with Crippen molar-refractivity contribution in [2.75, 3.05) is 38.5 Å². The molecule has 2 heterocycles. The highest BCUT2D eigenvalue weighted by Gasteiger charge is 2.15. The number of rotatable bonds is 6. The van der Waals surface area contributed by atoms with Gasteiger partial charge in [0.1, 0.15) is 10.8 Å². The number of likely N-dealkylation sites (N-methyl/N-ethyl adjacent to an activating group) is 1. The van der Waals surface area contributed by atoms with E-state index in [1.165, 1.54) is 5.56 Å². The van der Waals surface area contributed by atoms with Gasteiger partial charge >= 0.3 is 0 Å². The Balaban J connectivity index is 1.39. The van der Waals surface area contributed by atoms with Crippen molar-refractivity contribution in [1.29, 1.82) is 0 Å². The van der Waals surface area contributed by atoms with Gasteiger partial charge in [-0.25, -0.2) is 4.98 Å². The van der Waals surface area contributed by atoms with Gasteiger partial charge in [0.25, 0.3) is 0 Å². The van der Waals surface area contributed by atoms with Gasteiger partial charge in [-0.15, -0.1) is 11.3 Å². The van der Waals surface area contributed by atoms with Crippen molar-refractivity contribution in [2.45, 2.75) is 13.0 Å². The molecule has 1 fully saturated rings. The van der Waals surface area contributed by atoms with Crippen LogP contribution in [0, 0.1) is 0 Å². The molecule has 3 aromatic rings. The lowest BCUT2D eigenvalue weighted by Crippen LogP contribution is -2.43. The number of carbonyl (C=O) groups excluding carboxylic acids is 1. The molecule has 7 heteroatoms. The third-order valence-corrected chi connectivity index (χ3v) is 6.19. The molecule has 2 N–H and O–H groups in total. The number of benzene rings is 2. The van der Waals surface area contributed by atoms with Crippen molar-refractivity contribution < 1.29 is 9.90 Å². The molecule has 1 amide bonds. The van der Waals surface area contributed by atoms with E-state index in [-0.39, 0.29) is 18.1 Å². The van der Waals surface area contributed by atoms with E-state index in [1.54, 1.807) is 35.6 Å². The van der Waals surface area contributed by atoms with Crippen molar-refractivity contribution >= 4 is 22.9 Å². The van der Waals surface area contributed by atoms with Crippen LogP contribution in [0.2, 0.25) is 0 Å². The highest BCUT2D eigenvalue weighted by atomic mass is 32.1. The number of amides is 1. The van der Waals surface area contributed by atoms with Crippen LogP contribution < -0.4 is 5.32 Å². The molecule has 1 aromatic heterocycles. The Hall–Kier alpha value is -2.74. The van der Waals surface area contributed by atoms with Crippen LogP contribution in [-0.2, 0) is 17.8 Å². The van der Waals surface area contributed by atoms with Gasteiger partial charge < -0.3 is 15.3 Å². The van der Waals surface area contributed by atoms with E-state index in [1.807, 2.05) is 5.38 Å². The fourth-order valence-corrected chi connectivity index (χ4v) is 4.34. The minimum atomic E-state index is -0.197. The minimum Gasteiger partial charge on any atom is -0.506 e. The molecule has 1 aliphatic rings. The molecular weight excluding hydrogens is 396 g/mol. The predicted molar refractivity (Wildman–Crippen MR) is 121 cm³/mol. The van der Waals surface area contributed by atoms with Gasteiger partial charge in [-0.1, -0.05) is 30.3 Å². The minimum absolute atomic E-state index is 0.0574. The third kappa shape index (κ3) is 5.24. The van der Waals surface area contributed by atoms with Crippen LogP contribution in [0.5, 0.6) is 5.75 Å². The Kier molecular flexibility index (Phi) is 6.42. The predicted octanol–water partition coefficient (Wildman–Crippen LogP) is 3.44. The fourth-order valence-electron chi connectivity index (χ4n) is 3.53. The Bertz CT molecular complexity index is 1010. The van der Waals surface area contributed by atoms with Crippen LogP contribution in [0.1, 0.15) is 11.3 Å². The number of aromatic hydroxyl groups is 1. The monoisotopic (exact) mass is 422 g/mol. The largest absolute Gasteiger partial charge is 0.506 e. The van der Waals surface area contributed by atoms with Crippen molar-refractivity contribution in [3.63, 3.8) is 0 Å². The summed E-state index contributed by atoms with van der Waals surface area (Å²) in [7, 11) is 2.17. The summed E-state index contributed by atoms with van der Waals surface area (Å²) in [4.78, 5) is 21.8. The second-order valence-corrected chi connectivity index (χ2v) is 8.52. The normalized spacial score (nSPS) is 15.2. The molecule has 0 spiro atoms. The number of aromatic nitrogens is 1. The zero-order valence-electron chi connectivity index (χ0n) is 17.0. The number of thiazole rings is 1. The number of piperazine rings is 1. The topological polar surface area (TPSA) is 68.7 Å². The van der Waals surface area contributed by atoms with Gasteiger partial charge in [0, 0.05) is 43.7 Å². The molecule has 1 aliphatic heterocycles. The summed E-state index contributed by atoms with van der Waals surface area (Å²) in [6.07, 6.45) is 0.172. The maximum absolute atomic E-state index is 12.3. The van der Waals surface area contributed by atoms with E-state index in [9.17, 15) is 9.90 Å². The van der Waals surface area contributed by atoms with Crippen molar-refractivity contribution in [2.24, 2.45) is 0 Å². The number of hydrogen-bond donors (Lipinski definition) is 2. The first-order valence-electron chi connectivity index (χ1n) is 10.1. The Morgan fingerprint density at radius 2 is 1.93 bits per heavy atom. The number of anilines is 1. The van der Waals surface area contributed by atoms with Gasteiger partial charge in [0.2, 0.25) is 5.91 Å². The van der Waals surface area contributed by atoms with Crippen LogP contribution in [0.4, 0.5) is 5.69 Å². The maximum atomic E-state index is 12.3. The lowest BCUT2D eigenvalue weighted by atomic mass is 10.1. The standard InChI is InChI=1S/C23H26N4O2S/c1-26-9-11-27(12-10-26)15-17-5-4-6-18(13-17)23-24-19(16-30-23)14-22(29)25-20-7-2-3-8-21(20)28/h2-8,13,16,28H,9-12,14-15H2,1H3,(H,25,29). The Morgan fingerprint density at radius 1 is 1.13 bits per heavy atom. The van der Waals surface area contributed by atoms with Crippen LogP contribution in [0.15, 0.2) is 53.9 Å². The van der Waals surface area contributed by atoms with Crippen molar-refractivity contribution in [3.8, 4) is 16.3 Å². The molecule has 0 unspecified atom stereocenters. The van der Waals surface area contributed by atoms with Crippen LogP contribution in [0.3, 0.4) is 0 Å². The first-order valence-corrected chi connectivity index (χ1v) is 11.0. The number of para-hydroxylation sites is 2. The SMILES string of the molecule is CN1CCN(Cc2cccc(-c3nc(CC(=O)Nc4ccccc4O)cs3)c2)CC1. The van der Waals surface area contributed by atoms with E-state index in [4.69, 9.17) is 0 Å². The first kappa shape index (κ1) is 20.5. The van der Waals surface area contributed by atoms with Crippen molar-refractivity contribution in [3.05, 3.63) is 65.2 Å². The van der Waals surface area contributed by atoms with E-state index < -0.39 is 0 Å². The molecule has 30 heavy (non-hydrogen) atoms. The average Bonchev–Trinajstić information content (AvgIpc) is 3.20. The van der Waals surface area contributed by atoms with E-state index in [0.29, 0.717) is 5.69 Å². The molecule has 1 saturated heterocycles. The number of nitrogens with zero attached hydrogens (tertiary/aromatic N) is 3. The van der Waals surface area contributed by atoms with E-state index in [2.05, 4.69) is 51.4 Å². The molecule has 2 aromatic carbocycles. The Labute approximate surface area is 180 Å². The molecule has 0 bridgehead atoms. The summed E-state index contributed by atoms with van der Waals surface area (Å²) in [6.45, 7) is 5.35. The number of carbonyl (C=O) groups is 1. The van der Waals surface area contributed by atoms with Crippen molar-refractivity contribution in [1.82, 2.24) is 14.8 Å². The maximum Gasteiger partial charge on any atom is 0.230 e. The molecule has 0 atom stereocenters. The zero-order valence-corrected chi connectivity index (χ0v) is 17.9. The van der Waals surface area contributed by atoms with Gasteiger partial charge in [-0.2, -0.15) is 0 Å². The summed E-state index contributed by atoms with van der Waals surface area (Å²) < 4.78 is 0. The second kappa shape index (κ2) is 9.38. The molecule has 0 saturated carbocycles. The van der Waals surface area contributed by atoms with E-state index >= 15 is 0 Å². The molecule has 156 valence electrons. The fraction of sp³-hybridized carbons (Fsp3) is 0.304. The summed E-state index contributed by atoms with van der Waals surface area (Å²) in [6, 6.07) is 15.2. The van der Waals surface area contributed by atoms with Gasteiger partial charge in [-0.05, 0) is 30.8 Å². The third-order valence-electron chi connectivity index (χ3n) is 5.25. The Morgan fingerprint density at radius 3 is 2.73 bits per heavy atom. The lowest BCUT2D eigenvalue weighted by molar-refractivity contribution is -0.115. The molecule has 4 rings (SSSR count). The molecule has 0 radical (unpaired) electrons. The highest BCUT2D eigenvalue weighted by Crippen LogP contribution is 2.26. The summed E-state index contributed by atoms with van der Waals surface area (Å²) >= 11 is 1.55. The second-order valence-electron chi connectivity index (χ2n) is 7.67. The number of hydrogen-bond acceptors (Lipinski definition) is 6. The molecule has 0 aliphatic carbocycles. The average molecular weight is 423 g/mol. The highest BCUT2D eigenvalue weighted by molar-refractivity contribution is 7.13. The van der Waals surface area contributed by atoms with Gasteiger partial charge in [0.05, 0.1) is 17.8 Å². The first-order chi connectivity index (χ1) is 14.6. The zero-order chi connectivity index (χ0) is 20.9. The number of phenolic OH excluding ortho intramolecular Hbond substituents is 1. The number of nitrogens with one attached hydrogen (secondary N) is 1.